The molecule has 0 bridgehead atoms. The Bertz CT molecular complexity index is 1980. The predicted octanol–water partition coefficient (Wildman–Crippen LogP) is 7.94. The summed E-state index contributed by atoms with van der Waals surface area (Å²) in [6.45, 7) is 5.77. The van der Waals surface area contributed by atoms with E-state index in [4.69, 9.17) is 28.7 Å². The molecule has 0 spiro atoms. The molecule has 0 unspecified atom stereocenters. The van der Waals surface area contributed by atoms with E-state index in [9.17, 15) is 9.59 Å². The Hall–Kier alpha value is -5.04. The molecule has 4 aromatic carbocycles. The molecule has 1 amide bonds. The third kappa shape index (κ3) is 7.51. The van der Waals surface area contributed by atoms with Crippen molar-refractivity contribution in [1.82, 2.24) is 10.3 Å². The standard InChI is InChI=1S/C43H43N3O7S/c1-5-49-40(48)35-34(45-41(54-4)46-39(47)28-18-10-6-11-19-28)32(26-44-35)36-38-37(52-42(2,3)53-38)33(51-36)27-50-43(29-20-12-7-13-21-29,30-22-14-8-15-23-30)31-24-16-9-17-25-31/h6-26,33,36-38,44H,5,27H2,1-4H3,(H,45,46,47)/t33-,36+,37-,38+/m1/s1. The summed E-state index contributed by atoms with van der Waals surface area (Å²) in [4.78, 5) is 34.3. The van der Waals surface area contributed by atoms with Gasteiger partial charge in [0.05, 0.1) is 13.2 Å². The molecule has 11 heteroatoms. The maximum Gasteiger partial charge on any atom is 0.357 e. The molecule has 7 rings (SSSR count). The quantitative estimate of drug-likeness (QED) is 0.0606. The number of carbonyl (C=O) groups excluding carboxylic acids is 2. The SMILES string of the molecule is CCOC(=O)c1[nH]cc([C@@H]2O[C@H](COC(c3ccccc3)(c3ccccc3)c3ccccc3)[C@H]3OC(C)(C)O[C@H]32)c1N=C(NC(=O)c1ccccc1)SC. The number of thioether (sulfide) groups is 1. The normalized spacial score (nSPS) is 20.7. The van der Waals surface area contributed by atoms with Gasteiger partial charge in [-0.05, 0) is 55.9 Å². The molecule has 5 aromatic rings. The Morgan fingerprint density at radius 1 is 0.833 bits per heavy atom. The third-order valence-corrected chi connectivity index (χ3v) is 10.1. The fraction of sp³-hybridized carbons (Fsp3) is 0.279. The molecule has 3 heterocycles. The Kier molecular flexibility index (Phi) is 11.1. The van der Waals surface area contributed by atoms with Crippen molar-refractivity contribution in [2.45, 2.75) is 56.6 Å². The highest BCUT2D eigenvalue weighted by Crippen LogP contribution is 2.49. The van der Waals surface area contributed by atoms with E-state index in [2.05, 4.69) is 46.7 Å². The minimum Gasteiger partial charge on any atom is -0.461 e. The van der Waals surface area contributed by atoms with Crippen molar-refractivity contribution in [3.63, 3.8) is 0 Å². The van der Waals surface area contributed by atoms with E-state index in [1.165, 1.54) is 11.8 Å². The molecule has 54 heavy (non-hydrogen) atoms. The summed E-state index contributed by atoms with van der Waals surface area (Å²) in [6, 6.07) is 39.3. The number of ether oxygens (including phenoxy) is 5. The lowest BCUT2D eigenvalue weighted by Gasteiger charge is -2.37. The van der Waals surface area contributed by atoms with Crippen molar-refractivity contribution in [1.29, 1.82) is 0 Å². The van der Waals surface area contributed by atoms with Gasteiger partial charge in [-0.2, -0.15) is 0 Å². The average Bonchev–Trinajstić information content (AvgIpc) is 3.86. The molecule has 10 nitrogen and oxygen atoms in total. The van der Waals surface area contributed by atoms with E-state index in [0.29, 0.717) is 11.1 Å². The number of benzene rings is 4. The molecule has 1 aromatic heterocycles. The van der Waals surface area contributed by atoms with Crippen LogP contribution in [0.3, 0.4) is 0 Å². The summed E-state index contributed by atoms with van der Waals surface area (Å²) in [5.74, 6) is -1.85. The van der Waals surface area contributed by atoms with Crippen LogP contribution in [-0.2, 0) is 29.3 Å². The van der Waals surface area contributed by atoms with Gasteiger partial charge >= 0.3 is 5.97 Å². The second-order valence-electron chi connectivity index (χ2n) is 13.4. The second kappa shape index (κ2) is 16.1. The number of H-pyrrole nitrogens is 1. The van der Waals surface area contributed by atoms with Gasteiger partial charge in [0, 0.05) is 17.3 Å². The Morgan fingerprint density at radius 3 is 1.91 bits per heavy atom. The fourth-order valence-electron chi connectivity index (χ4n) is 7.15. The fourth-order valence-corrected chi connectivity index (χ4v) is 7.53. The first-order valence-electron chi connectivity index (χ1n) is 17.9. The lowest BCUT2D eigenvalue weighted by Crippen LogP contribution is -2.39. The highest BCUT2D eigenvalue weighted by molar-refractivity contribution is 8.13. The maximum absolute atomic E-state index is 13.3. The molecule has 0 aliphatic carbocycles. The van der Waals surface area contributed by atoms with E-state index >= 15 is 0 Å². The Labute approximate surface area is 319 Å². The molecule has 0 radical (unpaired) electrons. The molecule has 2 saturated heterocycles. The van der Waals surface area contributed by atoms with Crippen LogP contribution in [0.4, 0.5) is 5.69 Å². The van der Waals surface area contributed by atoms with Crippen LogP contribution >= 0.6 is 11.8 Å². The average molecular weight is 746 g/mol. The van der Waals surface area contributed by atoms with Gasteiger partial charge in [0.15, 0.2) is 16.6 Å². The van der Waals surface area contributed by atoms with Gasteiger partial charge in [-0.25, -0.2) is 9.79 Å². The summed E-state index contributed by atoms with van der Waals surface area (Å²) >= 11 is 1.24. The van der Waals surface area contributed by atoms with Crippen molar-refractivity contribution in [3.8, 4) is 0 Å². The number of carbonyl (C=O) groups is 2. The summed E-state index contributed by atoms with van der Waals surface area (Å²) in [6.07, 6.45) is 1.06. The lowest BCUT2D eigenvalue weighted by molar-refractivity contribution is -0.196. The van der Waals surface area contributed by atoms with E-state index in [-0.39, 0.29) is 35.7 Å². The van der Waals surface area contributed by atoms with E-state index in [1.807, 2.05) is 74.5 Å². The van der Waals surface area contributed by atoms with Crippen molar-refractivity contribution >= 4 is 34.5 Å². The largest absolute Gasteiger partial charge is 0.461 e. The lowest BCUT2D eigenvalue weighted by atomic mass is 9.80. The maximum atomic E-state index is 13.3. The van der Waals surface area contributed by atoms with Crippen LogP contribution in [0.2, 0.25) is 0 Å². The van der Waals surface area contributed by atoms with Gasteiger partial charge in [-0.3, -0.25) is 4.79 Å². The number of esters is 1. The van der Waals surface area contributed by atoms with Crippen molar-refractivity contribution < 1.29 is 33.3 Å². The molecule has 0 saturated carbocycles. The van der Waals surface area contributed by atoms with Crippen molar-refractivity contribution in [3.05, 3.63) is 161 Å². The van der Waals surface area contributed by atoms with Crippen molar-refractivity contribution in [2.75, 3.05) is 19.5 Å². The van der Waals surface area contributed by atoms with Gasteiger partial charge in [-0.15, -0.1) is 0 Å². The molecular weight excluding hydrogens is 703 g/mol. The summed E-state index contributed by atoms with van der Waals surface area (Å²) in [7, 11) is 0. The monoisotopic (exact) mass is 745 g/mol. The van der Waals surface area contributed by atoms with Crippen LogP contribution in [0.1, 0.15) is 70.0 Å². The smallest absolute Gasteiger partial charge is 0.357 e. The number of nitrogens with zero attached hydrogens (tertiary/aromatic N) is 1. The van der Waals surface area contributed by atoms with Crippen LogP contribution in [0, 0.1) is 0 Å². The van der Waals surface area contributed by atoms with Crippen molar-refractivity contribution in [2.24, 2.45) is 4.99 Å². The number of hydrogen-bond acceptors (Lipinski definition) is 9. The zero-order chi connectivity index (χ0) is 37.7. The number of rotatable bonds is 11. The summed E-state index contributed by atoms with van der Waals surface area (Å²) in [5.41, 5.74) is 3.32. The number of amidine groups is 1. The number of aromatic nitrogens is 1. The zero-order valence-corrected chi connectivity index (χ0v) is 31.4. The number of nitrogens with one attached hydrogen (secondary N) is 2. The van der Waals surface area contributed by atoms with Crippen LogP contribution in [0.25, 0.3) is 0 Å². The van der Waals surface area contributed by atoms with Crippen LogP contribution in [0.5, 0.6) is 0 Å². The number of aliphatic imine (C=N–C) groups is 1. The topological polar surface area (TPSA) is 120 Å². The Morgan fingerprint density at radius 2 is 1.37 bits per heavy atom. The van der Waals surface area contributed by atoms with E-state index < -0.39 is 41.8 Å². The summed E-state index contributed by atoms with van der Waals surface area (Å²) in [5, 5.41) is 3.16. The van der Waals surface area contributed by atoms with Gasteiger partial charge < -0.3 is 34.0 Å². The van der Waals surface area contributed by atoms with Crippen LogP contribution in [0.15, 0.2) is 133 Å². The molecule has 2 aliphatic rings. The molecule has 278 valence electrons. The minimum atomic E-state index is -0.986. The number of hydrogen-bond donors (Lipinski definition) is 2. The number of fused-ring (bicyclic) bond motifs is 1. The molecule has 2 N–H and O–H groups in total. The number of amides is 1. The van der Waals surface area contributed by atoms with Gasteiger partial charge in [0.1, 0.15) is 35.7 Å². The van der Waals surface area contributed by atoms with Gasteiger partial charge in [0.25, 0.3) is 5.91 Å². The second-order valence-corrected chi connectivity index (χ2v) is 14.2. The third-order valence-electron chi connectivity index (χ3n) is 9.49. The summed E-state index contributed by atoms with van der Waals surface area (Å²) < 4.78 is 32.5. The van der Waals surface area contributed by atoms with E-state index in [1.54, 1.807) is 43.6 Å². The van der Waals surface area contributed by atoms with Gasteiger partial charge in [-0.1, -0.05) is 121 Å². The van der Waals surface area contributed by atoms with E-state index in [0.717, 1.165) is 16.7 Å². The zero-order valence-electron chi connectivity index (χ0n) is 30.6. The first-order valence-corrected chi connectivity index (χ1v) is 19.2. The highest BCUT2D eigenvalue weighted by atomic mass is 32.2. The molecule has 2 aliphatic heterocycles. The van der Waals surface area contributed by atoms with Crippen LogP contribution < -0.4 is 5.32 Å². The first-order chi connectivity index (χ1) is 26.2. The predicted molar refractivity (Wildman–Crippen MR) is 208 cm³/mol. The molecule has 4 atom stereocenters. The van der Waals surface area contributed by atoms with Gasteiger partial charge in [0.2, 0.25) is 0 Å². The molecular formula is C43H43N3O7S. The number of aromatic amines is 1. The molecule has 2 fully saturated rings. The first kappa shape index (κ1) is 37.3. The minimum absolute atomic E-state index is 0.127. The van der Waals surface area contributed by atoms with Crippen LogP contribution in [-0.4, -0.2) is 65.6 Å². The highest BCUT2D eigenvalue weighted by Gasteiger charge is 2.57. The Balaban J connectivity index is 1.26.